The molecule has 6 rings (SSSR count). The van der Waals surface area contributed by atoms with Crippen molar-refractivity contribution in [1.82, 2.24) is 14.9 Å². The van der Waals surface area contributed by atoms with Gasteiger partial charge in [0.2, 0.25) is 0 Å². The molecule has 0 heterocycles. The van der Waals surface area contributed by atoms with Crippen molar-refractivity contribution in [2.75, 3.05) is 46.1 Å². The summed E-state index contributed by atoms with van der Waals surface area (Å²) in [5, 5.41) is 11.9. The molecule has 0 fully saturated rings. The van der Waals surface area contributed by atoms with Crippen LogP contribution in [-0.2, 0) is 18.5 Å². The molecule has 54 heavy (non-hydrogen) atoms. The lowest BCUT2D eigenvalue weighted by molar-refractivity contribution is 0.0898. The van der Waals surface area contributed by atoms with Gasteiger partial charge in [-0.2, -0.15) is 5.26 Å². The SMILES string of the molecule is CC(C)N(C(C)C)P(OCCC#N)OCCN(CCNC(=O)OCC1c2ccccc2-c2ccccc21)C(=O)OCC1c2ccccc2-c2ccccc21. The minimum atomic E-state index is -1.49. The van der Waals surface area contributed by atoms with Crippen LogP contribution in [0.2, 0.25) is 0 Å². The Bertz CT molecular complexity index is 1850. The number of amides is 2. The zero-order valence-corrected chi connectivity index (χ0v) is 32.3. The van der Waals surface area contributed by atoms with Crippen molar-refractivity contribution < 1.29 is 28.1 Å². The molecule has 4 aromatic rings. The average Bonchev–Trinajstić information content (AvgIpc) is 3.67. The van der Waals surface area contributed by atoms with Crippen molar-refractivity contribution in [3.8, 4) is 28.3 Å². The number of hydrogen-bond acceptors (Lipinski definition) is 8. The number of alkyl carbamates (subject to hydrolysis) is 1. The average molecular weight is 749 g/mol. The molecule has 2 aliphatic rings. The van der Waals surface area contributed by atoms with Gasteiger partial charge in [-0.15, -0.1) is 0 Å². The van der Waals surface area contributed by atoms with Gasteiger partial charge < -0.3 is 28.7 Å². The van der Waals surface area contributed by atoms with E-state index in [0.717, 1.165) is 44.5 Å². The van der Waals surface area contributed by atoms with Crippen molar-refractivity contribution in [2.45, 2.75) is 58.0 Å². The first-order valence-corrected chi connectivity index (χ1v) is 19.8. The van der Waals surface area contributed by atoms with Crippen molar-refractivity contribution in [2.24, 2.45) is 0 Å². The summed E-state index contributed by atoms with van der Waals surface area (Å²) in [6.07, 6.45) is -0.812. The highest BCUT2D eigenvalue weighted by Crippen LogP contribution is 2.47. The number of carbonyl (C=O) groups is 2. The molecule has 11 heteroatoms. The molecule has 0 saturated carbocycles. The van der Waals surface area contributed by atoms with E-state index in [1.807, 2.05) is 48.5 Å². The van der Waals surface area contributed by atoms with Crippen LogP contribution in [0.3, 0.4) is 0 Å². The van der Waals surface area contributed by atoms with Crippen molar-refractivity contribution in [3.63, 3.8) is 0 Å². The van der Waals surface area contributed by atoms with E-state index in [2.05, 4.69) is 92.3 Å². The van der Waals surface area contributed by atoms with Crippen LogP contribution in [0.25, 0.3) is 22.3 Å². The molecule has 2 amide bonds. The summed E-state index contributed by atoms with van der Waals surface area (Å²) in [4.78, 5) is 28.4. The largest absolute Gasteiger partial charge is 0.449 e. The second-order valence-corrected chi connectivity index (χ2v) is 15.4. The third-order valence-corrected chi connectivity index (χ3v) is 11.9. The third-order valence-electron chi connectivity index (χ3n) is 9.81. The van der Waals surface area contributed by atoms with Crippen LogP contribution in [0.4, 0.5) is 9.59 Å². The fraction of sp³-hybridized carbons (Fsp3) is 0.372. The van der Waals surface area contributed by atoms with Crippen LogP contribution in [-0.4, -0.2) is 79.9 Å². The Balaban J connectivity index is 1.09. The van der Waals surface area contributed by atoms with E-state index in [1.54, 1.807) is 4.90 Å². The van der Waals surface area contributed by atoms with E-state index in [0.29, 0.717) is 0 Å². The van der Waals surface area contributed by atoms with Gasteiger partial charge in [0.15, 0.2) is 0 Å². The quantitative estimate of drug-likeness (QED) is 0.0841. The Morgan fingerprint density at radius 2 is 1.13 bits per heavy atom. The van der Waals surface area contributed by atoms with Gasteiger partial charge in [0, 0.05) is 43.6 Å². The zero-order valence-electron chi connectivity index (χ0n) is 31.4. The van der Waals surface area contributed by atoms with Crippen molar-refractivity contribution in [3.05, 3.63) is 119 Å². The fourth-order valence-corrected chi connectivity index (χ4v) is 9.05. The topological polar surface area (TPSA) is 113 Å². The van der Waals surface area contributed by atoms with Crippen LogP contribution >= 0.6 is 8.53 Å². The summed E-state index contributed by atoms with van der Waals surface area (Å²) in [5.74, 6) is -0.149. The monoisotopic (exact) mass is 748 g/mol. The van der Waals surface area contributed by atoms with Crippen LogP contribution in [0.15, 0.2) is 97.1 Å². The van der Waals surface area contributed by atoms with Gasteiger partial charge in [-0.25, -0.2) is 14.3 Å². The van der Waals surface area contributed by atoms with Crippen molar-refractivity contribution in [1.29, 1.82) is 5.26 Å². The maximum Gasteiger partial charge on any atom is 0.409 e. The summed E-state index contributed by atoms with van der Waals surface area (Å²) < 4.78 is 26.3. The molecule has 1 unspecified atom stereocenters. The van der Waals surface area contributed by atoms with Gasteiger partial charge in [-0.3, -0.25) is 0 Å². The minimum Gasteiger partial charge on any atom is -0.449 e. The molecular formula is C43H49N4O6P. The van der Waals surface area contributed by atoms with Gasteiger partial charge in [-0.1, -0.05) is 97.1 Å². The molecule has 1 atom stereocenters. The first kappa shape index (κ1) is 38.9. The predicted molar refractivity (Wildman–Crippen MR) is 211 cm³/mol. The number of carbonyl (C=O) groups excluding carboxylic acids is 2. The third kappa shape index (κ3) is 8.94. The maximum absolute atomic E-state index is 13.8. The molecule has 2 aliphatic carbocycles. The number of benzene rings is 4. The molecule has 4 aromatic carbocycles. The zero-order chi connectivity index (χ0) is 38.0. The van der Waals surface area contributed by atoms with Gasteiger partial charge in [0.25, 0.3) is 8.53 Å². The molecule has 282 valence electrons. The second-order valence-electron chi connectivity index (χ2n) is 13.9. The summed E-state index contributed by atoms with van der Waals surface area (Å²) in [6, 6.07) is 35.2. The normalized spacial score (nSPS) is 13.6. The molecule has 0 bridgehead atoms. The van der Waals surface area contributed by atoms with Gasteiger partial charge in [0.05, 0.1) is 25.7 Å². The molecule has 0 aromatic heterocycles. The lowest BCUT2D eigenvalue weighted by Gasteiger charge is -2.36. The summed E-state index contributed by atoms with van der Waals surface area (Å²) in [7, 11) is -1.49. The van der Waals surface area contributed by atoms with Crippen molar-refractivity contribution >= 4 is 20.7 Å². The van der Waals surface area contributed by atoms with Crippen LogP contribution in [0.5, 0.6) is 0 Å². The Hall–Kier alpha value is -4.78. The van der Waals surface area contributed by atoms with Gasteiger partial charge >= 0.3 is 12.2 Å². The molecule has 0 radical (unpaired) electrons. The summed E-state index contributed by atoms with van der Waals surface area (Å²) >= 11 is 0. The Morgan fingerprint density at radius 1 is 0.685 bits per heavy atom. The second kappa shape index (κ2) is 18.5. The smallest absolute Gasteiger partial charge is 0.409 e. The number of nitriles is 1. The number of ether oxygens (including phenoxy) is 2. The highest BCUT2D eigenvalue weighted by Gasteiger charge is 2.32. The Kier molecular flexibility index (Phi) is 13.3. The number of nitrogens with zero attached hydrogens (tertiary/aromatic N) is 3. The lowest BCUT2D eigenvalue weighted by atomic mass is 9.98. The van der Waals surface area contributed by atoms with E-state index in [-0.39, 0.29) is 76.4 Å². The molecule has 10 nitrogen and oxygen atoms in total. The molecule has 0 aliphatic heterocycles. The predicted octanol–water partition coefficient (Wildman–Crippen LogP) is 9.07. The van der Waals surface area contributed by atoms with E-state index in [1.165, 1.54) is 0 Å². The highest BCUT2D eigenvalue weighted by atomic mass is 31.2. The van der Waals surface area contributed by atoms with Gasteiger partial charge in [0.1, 0.15) is 13.2 Å². The van der Waals surface area contributed by atoms with E-state index >= 15 is 0 Å². The number of hydrogen-bond donors (Lipinski definition) is 1. The Morgan fingerprint density at radius 3 is 1.59 bits per heavy atom. The molecule has 0 saturated heterocycles. The molecule has 0 spiro atoms. The van der Waals surface area contributed by atoms with E-state index in [4.69, 9.17) is 23.8 Å². The minimum absolute atomic E-state index is 0.0564. The van der Waals surface area contributed by atoms with E-state index in [9.17, 15) is 9.59 Å². The fourth-order valence-electron chi connectivity index (χ4n) is 7.46. The highest BCUT2D eigenvalue weighted by molar-refractivity contribution is 7.44. The first-order valence-electron chi connectivity index (χ1n) is 18.7. The lowest BCUT2D eigenvalue weighted by Crippen LogP contribution is -2.41. The number of fused-ring (bicyclic) bond motifs is 6. The molecular weight excluding hydrogens is 699 g/mol. The summed E-state index contributed by atoms with van der Waals surface area (Å²) in [6.45, 7) is 9.61. The standard InChI is InChI=1S/C43H49N4O6P/c1-30(2)47(31(3)4)54(52-26-13-22-44)53-27-25-46(43(49)51-29-41-38-20-11-7-16-34(38)35-17-8-12-21-39(35)41)24-23-45-42(48)50-28-40-36-18-9-5-14-32(36)33-15-6-10-19-37(33)40/h5-12,14-21,30-31,40-41H,13,23-29H2,1-4H3,(H,45,48). The molecule has 1 N–H and O–H groups in total. The van der Waals surface area contributed by atoms with Crippen LogP contribution in [0, 0.1) is 11.3 Å². The van der Waals surface area contributed by atoms with E-state index < -0.39 is 20.7 Å². The van der Waals surface area contributed by atoms with Gasteiger partial charge in [-0.05, 0) is 72.2 Å². The first-order chi connectivity index (χ1) is 26.3. The summed E-state index contributed by atoms with van der Waals surface area (Å²) in [5.41, 5.74) is 9.14. The number of nitrogens with one attached hydrogen (secondary N) is 1. The maximum atomic E-state index is 13.8. The van der Waals surface area contributed by atoms with Crippen LogP contribution in [0.1, 0.15) is 68.2 Å². The number of rotatable bonds is 17. The Labute approximate surface area is 319 Å². The van der Waals surface area contributed by atoms with Crippen LogP contribution < -0.4 is 5.32 Å².